The number of carbonyl (C=O) groups excluding carboxylic acids is 1. The molecule has 0 unspecified atom stereocenters. The fourth-order valence-electron chi connectivity index (χ4n) is 3.12. The van der Waals surface area contributed by atoms with E-state index in [1.165, 1.54) is 57.8 Å². The predicted molar refractivity (Wildman–Crippen MR) is 86.4 cm³/mol. The molecule has 2 N–H and O–H groups in total. The van der Waals surface area contributed by atoms with Gasteiger partial charge in [-0.05, 0) is 25.7 Å². The molecule has 2 rings (SSSR count). The average molecular weight is 294 g/mol. The van der Waals surface area contributed by atoms with Gasteiger partial charge in [-0.15, -0.1) is 0 Å². The Morgan fingerprint density at radius 1 is 0.952 bits per heavy atom. The summed E-state index contributed by atoms with van der Waals surface area (Å²) in [6.07, 6.45) is 11.4. The number of nitrogens with one attached hydrogen (secondary N) is 2. The van der Waals surface area contributed by atoms with Crippen LogP contribution in [0.5, 0.6) is 0 Å². The summed E-state index contributed by atoms with van der Waals surface area (Å²) in [5.41, 5.74) is 0. The lowest BCUT2D eigenvalue weighted by Gasteiger charge is -2.26. The van der Waals surface area contributed by atoms with Gasteiger partial charge < -0.3 is 15.5 Å². The lowest BCUT2D eigenvalue weighted by Crippen LogP contribution is -2.47. The van der Waals surface area contributed by atoms with Crippen LogP contribution in [-0.2, 0) is 4.79 Å². The van der Waals surface area contributed by atoms with Crippen molar-refractivity contribution in [1.82, 2.24) is 15.5 Å². The Hall–Kier alpha value is -1.26. The molecule has 0 aromatic carbocycles. The van der Waals surface area contributed by atoms with Crippen LogP contribution in [0.3, 0.4) is 0 Å². The average Bonchev–Trinajstić information content (AvgIpc) is 2.98. The SMILES string of the molecule is CN(C)C(=O)CN=C(NC1CCCCC1)NC1CCCC1. The van der Waals surface area contributed by atoms with Crippen LogP contribution in [-0.4, -0.2) is 49.5 Å². The van der Waals surface area contributed by atoms with Gasteiger partial charge in [-0.2, -0.15) is 0 Å². The molecule has 2 saturated carbocycles. The highest BCUT2D eigenvalue weighted by atomic mass is 16.2. The number of carbonyl (C=O) groups is 1. The number of hydrogen-bond donors (Lipinski definition) is 2. The third-order valence-electron chi connectivity index (χ3n) is 4.51. The van der Waals surface area contributed by atoms with E-state index in [9.17, 15) is 4.79 Å². The van der Waals surface area contributed by atoms with Gasteiger partial charge in [0, 0.05) is 26.2 Å². The smallest absolute Gasteiger partial charge is 0.243 e. The van der Waals surface area contributed by atoms with Crippen molar-refractivity contribution in [2.75, 3.05) is 20.6 Å². The molecule has 21 heavy (non-hydrogen) atoms. The molecule has 2 fully saturated rings. The summed E-state index contributed by atoms with van der Waals surface area (Å²) in [5.74, 6) is 0.884. The first-order valence-corrected chi connectivity index (χ1v) is 8.43. The van der Waals surface area contributed by atoms with Crippen molar-refractivity contribution >= 4 is 11.9 Å². The van der Waals surface area contributed by atoms with Gasteiger partial charge in [0.1, 0.15) is 6.54 Å². The van der Waals surface area contributed by atoms with E-state index in [4.69, 9.17) is 0 Å². The van der Waals surface area contributed by atoms with Gasteiger partial charge in [-0.25, -0.2) is 4.99 Å². The normalized spacial score (nSPS) is 21.3. The molecule has 0 spiro atoms. The van der Waals surface area contributed by atoms with Crippen LogP contribution in [0.4, 0.5) is 0 Å². The first-order chi connectivity index (χ1) is 10.1. The summed E-state index contributed by atoms with van der Waals surface area (Å²) >= 11 is 0. The number of guanidine groups is 1. The van der Waals surface area contributed by atoms with E-state index in [1.54, 1.807) is 19.0 Å². The van der Waals surface area contributed by atoms with E-state index in [0.29, 0.717) is 12.1 Å². The second-order valence-corrected chi connectivity index (χ2v) is 6.56. The summed E-state index contributed by atoms with van der Waals surface area (Å²) in [6, 6.07) is 1.04. The van der Waals surface area contributed by atoms with Crippen molar-refractivity contribution in [2.45, 2.75) is 69.9 Å². The Bertz CT molecular complexity index is 355. The molecule has 120 valence electrons. The van der Waals surface area contributed by atoms with Crippen LogP contribution >= 0.6 is 0 Å². The van der Waals surface area contributed by atoms with E-state index in [2.05, 4.69) is 15.6 Å². The summed E-state index contributed by atoms with van der Waals surface area (Å²) in [4.78, 5) is 17.8. The van der Waals surface area contributed by atoms with Gasteiger partial charge in [0.2, 0.25) is 5.91 Å². The Morgan fingerprint density at radius 2 is 1.43 bits per heavy atom. The molecule has 5 nitrogen and oxygen atoms in total. The summed E-state index contributed by atoms with van der Waals surface area (Å²) in [5, 5.41) is 7.07. The number of rotatable bonds is 4. The number of aliphatic imine (C=N–C) groups is 1. The van der Waals surface area contributed by atoms with E-state index < -0.39 is 0 Å². The van der Waals surface area contributed by atoms with Crippen LogP contribution in [0, 0.1) is 0 Å². The van der Waals surface area contributed by atoms with E-state index in [-0.39, 0.29) is 12.5 Å². The fraction of sp³-hybridized carbons (Fsp3) is 0.875. The minimum Gasteiger partial charge on any atom is -0.354 e. The molecule has 2 aliphatic rings. The van der Waals surface area contributed by atoms with Crippen LogP contribution in [0.15, 0.2) is 4.99 Å². The quantitative estimate of drug-likeness (QED) is 0.615. The molecule has 2 aliphatic carbocycles. The summed E-state index contributed by atoms with van der Waals surface area (Å²) < 4.78 is 0. The van der Waals surface area contributed by atoms with Crippen LogP contribution < -0.4 is 10.6 Å². The summed E-state index contributed by atoms with van der Waals surface area (Å²) in [6.45, 7) is 0.224. The van der Waals surface area contributed by atoms with Gasteiger partial charge in [-0.3, -0.25) is 4.79 Å². The van der Waals surface area contributed by atoms with Gasteiger partial charge in [0.05, 0.1) is 0 Å². The molecule has 0 heterocycles. The van der Waals surface area contributed by atoms with Gasteiger partial charge in [-0.1, -0.05) is 32.1 Å². The molecule has 5 heteroatoms. The van der Waals surface area contributed by atoms with Crippen molar-refractivity contribution in [2.24, 2.45) is 4.99 Å². The first-order valence-electron chi connectivity index (χ1n) is 8.43. The summed E-state index contributed by atoms with van der Waals surface area (Å²) in [7, 11) is 3.55. The Labute approximate surface area is 128 Å². The Morgan fingerprint density at radius 3 is 1.90 bits per heavy atom. The Kier molecular flexibility index (Phi) is 6.33. The minimum absolute atomic E-state index is 0.0474. The highest BCUT2D eigenvalue weighted by molar-refractivity contribution is 5.85. The second kappa shape index (κ2) is 8.25. The lowest BCUT2D eigenvalue weighted by molar-refractivity contribution is -0.127. The molecule has 0 aromatic rings. The third-order valence-corrected chi connectivity index (χ3v) is 4.51. The standard InChI is InChI=1S/C16H30N4O/c1-20(2)15(21)12-17-16(19-14-10-6-7-11-14)18-13-8-4-3-5-9-13/h13-14H,3-12H2,1-2H3,(H2,17,18,19). The molecule has 0 saturated heterocycles. The minimum atomic E-state index is 0.0474. The molecule has 0 aromatic heterocycles. The highest BCUT2D eigenvalue weighted by Gasteiger charge is 2.19. The van der Waals surface area contributed by atoms with E-state index in [0.717, 1.165) is 5.96 Å². The molecule has 0 bridgehead atoms. The van der Waals surface area contributed by atoms with Crippen LogP contribution in [0.1, 0.15) is 57.8 Å². The van der Waals surface area contributed by atoms with Crippen molar-refractivity contribution < 1.29 is 4.79 Å². The lowest BCUT2D eigenvalue weighted by atomic mass is 9.96. The van der Waals surface area contributed by atoms with Gasteiger partial charge >= 0.3 is 0 Å². The second-order valence-electron chi connectivity index (χ2n) is 6.56. The van der Waals surface area contributed by atoms with E-state index in [1.807, 2.05) is 0 Å². The fourth-order valence-corrected chi connectivity index (χ4v) is 3.12. The van der Waals surface area contributed by atoms with Gasteiger partial charge in [0.15, 0.2) is 5.96 Å². The molecule has 0 atom stereocenters. The van der Waals surface area contributed by atoms with Gasteiger partial charge in [0.25, 0.3) is 0 Å². The molecule has 1 amide bonds. The predicted octanol–water partition coefficient (Wildman–Crippen LogP) is 1.89. The number of amides is 1. The van der Waals surface area contributed by atoms with Crippen LogP contribution in [0.25, 0.3) is 0 Å². The first kappa shape index (κ1) is 16.1. The van der Waals surface area contributed by atoms with E-state index >= 15 is 0 Å². The zero-order chi connectivity index (χ0) is 15.1. The maximum absolute atomic E-state index is 11.7. The maximum atomic E-state index is 11.7. The topological polar surface area (TPSA) is 56.7 Å². The molecular weight excluding hydrogens is 264 g/mol. The molecule has 0 aliphatic heterocycles. The zero-order valence-electron chi connectivity index (χ0n) is 13.5. The third kappa shape index (κ3) is 5.56. The van der Waals surface area contributed by atoms with Crippen molar-refractivity contribution in [3.63, 3.8) is 0 Å². The molecular formula is C16H30N4O. The largest absolute Gasteiger partial charge is 0.354 e. The monoisotopic (exact) mass is 294 g/mol. The Balaban J connectivity index is 1.91. The van der Waals surface area contributed by atoms with Crippen molar-refractivity contribution in [3.8, 4) is 0 Å². The van der Waals surface area contributed by atoms with Crippen LogP contribution in [0.2, 0.25) is 0 Å². The molecule has 0 radical (unpaired) electrons. The number of nitrogens with zero attached hydrogens (tertiary/aromatic N) is 2. The highest BCUT2D eigenvalue weighted by Crippen LogP contribution is 2.19. The van der Waals surface area contributed by atoms with Crippen molar-refractivity contribution in [1.29, 1.82) is 0 Å². The maximum Gasteiger partial charge on any atom is 0.243 e. The zero-order valence-corrected chi connectivity index (χ0v) is 13.5. The van der Waals surface area contributed by atoms with Crippen molar-refractivity contribution in [3.05, 3.63) is 0 Å². The number of likely N-dealkylation sites (N-methyl/N-ethyl adjacent to an activating group) is 1. The number of hydrogen-bond acceptors (Lipinski definition) is 2.